The summed E-state index contributed by atoms with van der Waals surface area (Å²) in [5, 5.41) is 7.90. The summed E-state index contributed by atoms with van der Waals surface area (Å²) in [5.41, 5.74) is 6.10. The Balaban J connectivity index is 1.63. The van der Waals surface area contributed by atoms with Gasteiger partial charge >= 0.3 is 0 Å². The highest BCUT2D eigenvalue weighted by molar-refractivity contribution is 8.00. The lowest BCUT2D eigenvalue weighted by molar-refractivity contribution is -0.134. The molecular formula is C16H20N4O4S. The quantitative estimate of drug-likeness (QED) is 0.805. The first-order valence-electron chi connectivity index (χ1n) is 8.08. The van der Waals surface area contributed by atoms with Gasteiger partial charge in [-0.1, -0.05) is 11.8 Å². The standard InChI is InChI=1S/C16H20N4O4S/c1-9-12(5-7-23-9)14-18-19-16(24-14)25-10(2)15(22)20-6-3-4-11(8-20)13(17)21/h5,7,10-11H,3-4,6,8H2,1-2H3,(H2,17,21). The monoisotopic (exact) mass is 364 g/mol. The molecule has 0 bridgehead atoms. The molecule has 1 aliphatic rings. The number of amides is 2. The first-order chi connectivity index (χ1) is 12.0. The zero-order chi connectivity index (χ0) is 18.0. The fraction of sp³-hybridized carbons (Fsp3) is 0.500. The summed E-state index contributed by atoms with van der Waals surface area (Å²) in [5.74, 6) is 0.370. The molecular weight excluding hydrogens is 344 g/mol. The molecule has 2 N–H and O–H groups in total. The minimum Gasteiger partial charge on any atom is -0.469 e. The number of carbonyl (C=O) groups excluding carboxylic acids is 2. The lowest BCUT2D eigenvalue weighted by Crippen LogP contribution is -2.46. The molecule has 3 heterocycles. The van der Waals surface area contributed by atoms with Crippen LogP contribution in [0.25, 0.3) is 11.5 Å². The van der Waals surface area contributed by atoms with Crippen LogP contribution in [-0.4, -0.2) is 45.3 Å². The summed E-state index contributed by atoms with van der Waals surface area (Å²) < 4.78 is 10.8. The van der Waals surface area contributed by atoms with Crippen molar-refractivity contribution in [1.29, 1.82) is 0 Å². The molecule has 1 fully saturated rings. The Labute approximate surface area is 149 Å². The first kappa shape index (κ1) is 17.5. The number of hydrogen-bond acceptors (Lipinski definition) is 7. The van der Waals surface area contributed by atoms with E-state index in [1.165, 1.54) is 11.8 Å². The predicted molar refractivity (Wildman–Crippen MR) is 90.6 cm³/mol. The van der Waals surface area contributed by atoms with Gasteiger partial charge in [0.25, 0.3) is 11.1 Å². The van der Waals surface area contributed by atoms with Gasteiger partial charge in [0.05, 0.1) is 23.0 Å². The third kappa shape index (κ3) is 3.87. The second-order valence-electron chi connectivity index (χ2n) is 6.05. The summed E-state index contributed by atoms with van der Waals surface area (Å²) >= 11 is 1.20. The molecule has 25 heavy (non-hydrogen) atoms. The van der Waals surface area contributed by atoms with Crippen molar-refractivity contribution in [3.63, 3.8) is 0 Å². The Morgan fingerprint density at radius 2 is 2.24 bits per heavy atom. The molecule has 0 aliphatic carbocycles. The van der Waals surface area contributed by atoms with Crippen molar-refractivity contribution in [3.05, 3.63) is 18.1 Å². The van der Waals surface area contributed by atoms with E-state index in [-0.39, 0.29) is 17.7 Å². The van der Waals surface area contributed by atoms with Gasteiger partial charge < -0.3 is 19.5 Å². The fourth-order valence-corrected chi connectivity index (χ4v) is 3.61. The van der Waals surface area contributed by atoms with E-state index >= 15 is 0 Å². The van der Waals surface area contributed by atoms with Crippen LogP contribution in [0.3, 0.4) is 0 Å². The van der Waals surface area contributed by atoms with E-state index in [0.717, 1.165) is 18.4 Å². The Morgan fingerprint density at radius 1 is 1.44 bits per heavy atom. The van der Waals surface area contributed by atoms with Gasteiger partial charge in [-0.05, 0) is 32.8 Å². The van der Waals surface area contributed by atoms with Crippen molar-refractivity contribution in [2.45, 2.75) is 37.2 Å². The summed E-state index contributed by atoms with van der Waals surface area (Å²) in [7, 11) is 0. The first-order valence-corrected chi connectivity index (χ1v) is 8.96. The van der Waals surface area contributed by atoms with Gasteiger partial charge in [0.1, 0.15) is 5.76 Å². The largest absolute Gasteiger partial charge is 0.469 e. The zero-order valence-electron chi connectivity index (χ0n) is 14.1. The molecule has 3 rings (SSSR count). The number of nitrogens with zero attached hydrogens (tertiary/aromatic N) is 3. The molecule has 2 amide bonds. The van der Waals surface area contributed by atoms with Crippen LogP contribution in [0.2, 0.25) is 0 Å². The number of thioether (sulfide) groups is 1. The topological polar surface area (TPSA) is 115 Å². The van der Waals surface area contributed by atoms with Crippen LogP contribution in [0.5, 0.6) is 0 Å². The van der Waals surface area contributed by atoms with Crippen LogP contribution >= 0.6 is 11.8 Å². The molecule has 0 aromatic carbocycles. The lowest BCUT2D eigenvalue weighted by Gasteiger charge is -2.32. The highest BCUT2D eigenvalue weighted by Gasteiger charge is 2.30. The average Bonchev–Trinajstić information content (AvgIpc) is 3.22. The van der Waals surface area contributed by atoms with Crippen LogP contribution < -0.4 is 5.73 Å². The van der Waals surface area contributed by atoms with E-state index in [1.54, 1.807) is 24.2 Å². The molecule has 1 aliphatic heterocycles. The number of aryl methyl sites for hydroxylation is 1. The number of likely N-dealkylation sites (tertiary alicyclic amines) is 1. The van der Waals surface area contributed by atoms with Crippen LogP contribution in [0.1, 0.15) is 25.5 Å². The molecule has 9 heteroatoms. The maximum Gasteiger partial charge on any atom is 0.277 e. The molecule has 0 radical (unpaired) electrons. The molecule has 1 saturated heterocycles. The maximum absolute atomic E-state index is 12.6. The van der Waals surface area contributed by atoms with Gasteiger partial charge in [0.15, 0.2) is 0 Å². The van der Waals surface area contributed by atoms with Crippen molar-refractivity contribution >= 4 is 23.6 Å². The number of hydrogen-bond donors (Lipinski definition) is 1. The number of furan rings is 1. The van der Waals surface area contributed by atoms with Crippen molar-refractivity contribution in [2.75, 3.05) is 13.1 Å². The molecule has 134 valence electrons. The minimum atomic E-state index is -0.398. The highest BCUT2D eigenvalue weighted by atomic mass is 32.2. The Kier molecular flexibility index (Phi) is 5.12. The molecule has 2 unspecified atom stereocenters. The van der Waals surface area contributed by atoms with Crippen molar-refractivity contribution in [2.24, 2.45) is 11.7 Å². The van der Waals surface area contributed by atoms with Gasteiger partial charge in [-0.3, -0.25) is 9.59 Å². The Bertz CT molecular complexity index is 772. The molecule has 0 spiro atoms. The number of primary amides is 1. The second-order valence-corrected chi connectivity index (χ2v) is 7.34. The number of carbonyl (C=O) groups is 2. The molecule has 2 atom stereocenters. The van der Waals surface area contributed by atoms with Crippen LogP contribution in [0.15, 0.2) is 26.4 Å². The van der Waals surface area contributed by atoms with Crippen molar-refractivity contribution in [1.82, 2.24) is 15.1 Å². The normalized spacial score (nSPS) is 19.0. The number of aromatic nitrogens is 2. The van der Waals surface area contributed by atoms with E-state index in [9.17, 15) is 9.59 Å². The average molecular weight is 364 g/mol. The smallest absolute Gasteiger partial charge is 0.277 e. The molecule has 2 aromatic rings. The summed E-state index contributed by atoms with van der Waals surface area (Å²) in [4.78, 5) is 25.7. The summed E-state index contributed by atoms with van der Waals surface area (Å²) in [6.45, 7) is 4.61. The predicted octanol–water partition coefficient (Wildman–Crippen LogP) is 1.84. The molecule has 8 nitrogen and oxygen atoms in total. The van der Waals surface area contributed by atoms with Gasteiger partial charge in [0, 0.05) is 13.1 Å². The third-order valence-corrected chi connectivity index (χ3v) is 5.18. The third-order valence-electron chi connectivity index (χ3n) is 4.26. The Hall–Kier alpha value is -2.29. The van der Waals surface area contributed by atoms with E-state index in [1.807, 2.05) is 6.92 Å². The SMILES string of the molecule is Cc1occc1-c1nnc(SC(C)C(=O)N2CCCC(C(N)=O)C2)o1. The fourth-order valence-electron chi connectivity index (χ4n) is 2.84. The van der Waals surface area contributed by atoms with Gasteiger partial charge in [0.2, 0.25) is 11.8 Å². The van der Waals surface area contributed by atoms with Crippen LogP contribution in [0, 0.1) is 12.8 Å². The second kappa shape index (κ2) is 7.30. The van der Waals surface area contributed by atoms with Gasteiger partial charge in [-0.2, -0.15) is 0 Å². The van der Waals surface area contributed by atoms with E-state index in [2.05, 4.69) is 10.2 Å². The number of nitrogens with two attached hydrogens (primary N) is 1. The summed E-state index contributed by atoms with van der Waals surface area (Å²) in [6, 6.07) is 1.75. The molecule has 0 saturated carbocycles. The van der Waals surface area contributed by atoms with Crippen molar-refractivity contribution < 1.29 is 18.4 Å². The zero-order valence-corrected chi connectivity index (χ0v) is 14.9. The van der Waals surface area contributed by atoms with Gasteiger partial charge in [-0.25, -0.2) is 0 Å². The number of rotatable bonds is 5. The van der Waals surface area contributed by atoms with E-state index in [4.69, 9.17) is 14.6 Å². The van der Waals surface area contributed by atoms with Crippen LogP contribution in [-0.2, 0) is 9.59 Å². The number of piperidine rings is 1. The van der Waals surface area contributed by atoms with Gasteiger partial charge in [-0.15, -0.1) is 10.2 Å². The van der Waals surface area contributed by atoms with E-state index < -0.39 is 5.25 Å². The maximum atomic E-state index is 12.6. The van der Waals surface area contributed by atoms with Crippen LogP contribution in [0.4, 0.5) is 0 Å². The lowest BCUT2D eigenvalue weighted by atomic mass is 9.97. The minimum absolute atomic E-state index is 0.0600. The summed E-state index contributed by atoms with van der Waals surface area (Å²) in [6.07, 6.45) is 3.07. The Morgan fingerprint density at radius 3 is 2.92 bits per heavy atom. The van der Waals surface area contributed by atoms with Crippen molar-refractivity contribution in [3.8, 4) is 11.5 Å². The van der Waals surface area contributed by atoms with E-state index in [0.29, 0.717) is 30.0 Å². The highest BCUT2D eigenvalue weighted by Crippen LogP contribution is 2.29. The molecule has 2 aromatic heterocycles.